The summed E-state index contributed by atoms with van der Waals surface area (Å²) in [5.41, 5.74) is 2.53. The summed E-state index contributed by atoms with van der Waals surface area (Å²) < 4.78 is 56.7. The van der Waals surface area contributed by atoms with Crippen LogP contribution in [0.5, 0.6) is 0 Å². The SMILES string of the molecule is Cc1ncsc1S(=O)(=O)N(Cc1cnc(Br)c2c(F)c(F)ccc12)c1cccc(Cl)c1. The van der Waals surface area contributed by atoms with Crippen LogP contribution in [0.1, 0.15) is 11.3 Å². The zero-order chi connectivity index (χ0) is 22.3. The summed E-state index contributed by atoms with van der Waals surface area (Å²) in [6.45, 7) is 1.43. The molecule has 2 aromatic carbocycles. The molecule has 0 N–H and O–H groups in total. The van der Waals surface area contributed by atoms with Gasteiger partial charge in [0.1, 0.15) is 4.60 Å². The number of rotatable bonds is 5. The van der Waals surface area contributed by atoms with E-state index in [1.807, 2.05) is 0 Å². The van der Waals surface area contributed by atoms with Crippen LogP contribution in [0, 0.1) is 18.6 Å². The number of sulfonamides is 1. The first-order valence-electron chi connectivity index (χ1n) is 8.79. The lowest BCUT2D eigenvalue weighted by atomic mass is 10.1. The van der Waals surface area contributed by atoms with Crippen LogP contribution in [0.2, 0.25) is 5.02 Å². The van der Waals surface area contributed by atoms with Crippen LogP contribution in [0.3, 0.4) is 0 Å². The summed E-state index contributed by atoms with van der Waals surface area (Å²) in [5, 5.41) is 0.629. The van der Waals surface area contributed by atoms with Gasteiger partial charge in [-0.15, -0.1) is 11.3 Å². The monoisotopic (exact) mass is 543 g/mol. The lowest BCUT2D eigenvalue weighted by Crippen LogP contribution is -2.30. The summed E-state index contributed by atoms with van der Waals surface area (Å²) in [6.07, 6.45) is 1.43. The molecule has 0 unspecified atom stereocenters. The van der Waals surface area contributed by atoms with Gasteiger partial charge in [-0.1, -0.05) is 23.7 Å². The third-order valence-corrected chi connectivity index (χ3v) is 8.78. The Labute approximate surface area is 194 Å². The van der Waals surface area contributed by atoms with Crippen LogP contribution in [0.15, 0.2) is 56.9 Å². The predicted octanol–water partition coefficient (Wildman–Crippen LogP) is 6.09. The van der Waals surface area contributed by atoms with Crippen LogP contribution < -0.4 is 4.31 Å². The molecule has 5 nitrogen and oxygen atoms in total. The number of aryl methyl sites for hydroxylation is 1. The standard InChI is InChI=1S/C20H13BrClF2N3O2S2/c1-11-20(30-10-26-11)31(28,29)27(14-4-2-3-13(22)7-14)9-12-8-25-19(21)17-15(12)5-6-16(23)18(17)24/h2-8,10H,9H2,1H3. The highest BCUT2D eigenvalue weighted by molar-refractivity contribution is 9.10. The van der Waals surface area contributed by atoms with E-state index < -0.39 is 21.7 Å². The second-order valence-corrected chi connectivity index (χ2v) is 10.7. The Bertz CT molecular complexity index is 1410. The maximum Gasteiger partial charge on any atom is 0.276 e. The topological polar surface area (TPSA) is 63.2 Å². The zero-order valence-corrected chi connectivity index (χ0v) is 19.8. The lowest BCUT2D eigenvalue weighted by molar-refractivity contribution is 0.516. The second-order valence-electron chi connectivity index (χ2n) is 6.57. The summed E-state index contributed by atoms with van der Waals surface area (Å²) in [6, 6.07) is 8.78. The van der Waals surface area contributed by atoms with Gasteiger partial charge in [-0.05, 0) is 58.1 Å². The van der Waals surface area contributed by atoms with Crippen molar-refractivity contribution in [1.82, 2.24) is 9.97 Å². The molecule has 0 fully saturated rings. The first-order valence-corrected chi connectivity index (χ1v) is 12.3. The predicted molar refractivity (Wildman–Crippen MR) is 121 cm³/mol. The zero-order valence-electron chi connectivity index (χ0n) is 15.8. The number of hydrogen-bond donors (Lipinski definition) is 0. The number of thiazole rings is 1. The van der Waals surface area contributed by atoms with Crippen LogP contribution in [0.25, 0.3) is 10.8 Å². The van der Waals surface area contributed by atoms with Crippen molar-refractivity contribution in [3.05, 3.63) is 80.6 Å². The van der Waals surface area contributed by atoms with Gasteiger partial charge in [0, 0.05) is 11.2 Å². The Balaban J connectivity index is 1.92. The number of pyridine rings is 1. The molecule has 4 aromatic rings. The smallest absolute Gasteiger partial charge is 0.261 e. The van der Waals surface area contributed by atoms with E-state index in [2.05, 4.69) is 25.9 Å². The number of nitrogens with zero attached hydrogens (tertiary/aromatic N) is 3. The number of aromatic nitrogens is 2. The van der Waals surface area contributed by atoms with Gasteiger partial charge in [0.25, 0.3) is 10.0 Å². The number of hydrogen-bond acceptors (Lipinski definition) is 5. The fraction of sp³-hybridized carbons (Fsp3) is 0.100. The van der Waals surface area contributed by atoms with Gasteiger partial charge in [0.05, 0.1) is 28.8 Å². The third-order valence-electron chi connectivity index (χ3n) is 4.62. The summed E-state index contributed by atoms with van der Waals surface area (Å²) in [7, 11) is -4.03. The Morgan fingerprint density at radius 2 is 1.97 bits per heavy atom. The molecule has 0 spiro atoms. The molecule has 0 bridgehead atoms. The quantitative estimate of drug-likeness (QED) is 0.285. The minimum absolute atomic E-state index is 0.0603. The first kappa shape index (κ1) is 22.1. The van der Waals surface area contributed by atoms with E-state index in [0.717, 1.165) is 21.7 Å². The van der Waals surface area contributed by atoms with Crippen molar-refractivity contribution in [3.63, 3.8) is 0 Å². The van der Waals surface area contributed by atoms with Crippen molar-refractivity contribution >= 4 is 65.4 Å². The highest BCUT2D eigenvalue weighted by Crippen LogP contribution is 2.34. The second kappa shape index (κ2) is 8.42. The Morgan fingerprint density at radius 3 is 2.65 bits per heavy atom. The molecule has 2 heterocycles. The summed E-state index contributed by atoms with van der Waals surface area (Å²) in [4.78, 5) is 8.13. The van der Waals surface area contributed by atoms with E-state index in [0.29, 0.717) is 27.4 Å². The van der Waals surface area contributed by atoms with E-state index in [-0.39, 0.29) is 20.7 Å². The van der Waals surface area contributed by atoms with Crippen molar-refractivity contribution in [1.29, 1.82) is 0 Å². The molecule has 0 aliphatic carbocycles. The van der Waals surface area contributed by atoms with E-state index in [1.54, 1.807) is 25.1 Å². The van der Waals surface area contributed by atoms with Gasteiger partial charge in [0.15, 0.2) is 15.8 Å². The van der Waals surface area contributed by atoms with Gasteiger partial charge >= 0.3 is 0 Å². The molecule has 31 heavy (non-hydrogen) atoms. The van der Waals surface area contributed by atoms with Gasteiger partial charge in [-0.2, -0.15) is 0 Å². The average Bonchev–Trinajstić information content (AvgIpc) is 3.16. The molecule has 0 saturated carbocycles. The molecule has 0 saturated heterocycles. The average molecular weight is 545 g/mol. The summed E-state index contributed by atoms with van der Waals surface area (Å²) in [5.74, 6) is -2.08. The number of anilines is 1. The fourth-order valence-corrected chi connectivity index (χ4v) is 6.57. The Hall–Kier alpha value is -2.14. The van der Waals surface area contributed by atoms with Crippen LogP contribution >= 0.6 is 38.9 Å². The van der Waals surface area contributed by atoms with Crippen molar-refractivity contribution in [3.8, 4) is 0 Å². The highest BCUT2D eigenvalue weighted by Gasteiger charge is 2.30. The van der Waals surface area contributed by atoms with Crippen LogP contribution in [-0.2, 0) is 16.6 Å². The normalized spacial score (nSPS) is 11.8. The molecule has 0 amide bonds. The van der Waals surface area contributed by atoms with Crippen molar-refractivity contribution in [2.24, 2.45) is 0 Å². The lowest BCUT2D eigenvalue weighted by Gasteiger charge is -2.25. The minimum Gasteiger partial charge on any atom is -0.261 e. The van der Waals surface area contributed by atoms with Crippen molar-refractivity contribution < 1.29 is 17.2 Å². The fourth-order valence-electron chi connectivity index (χ4n) is 3.15. The Kier molecular flexibility index (Phi) is 5.99. The third kappa shape index (κ3) is 4.05. The van der Waals surface area contributed by atoms with Gasteiger partial charge < -0.3 is 0 Å². The van der Waals surface area contributed by atoms with Gasteiger partial charge in [0.2, 0.25) is 0 Å². The molecule has 160 valence electrons. The van der Waals surface area contributed by atoms with E-state index in [4.69, 9.17) is 11.6 Å². The minimum atomic E-state index is -4.03. The molecule has 0 aliphatic heterocycles. The van der Waals surface area contributed by atoms with Crippen molar-refractivity contribution in [2.75, 3.05) is 4.31 Å². The number of fused-ring (bicyclic) bond motifs is 1. The van der Waals surface area contributed by atoms with Crippen molar-refractivity contribution in [2.45, 2.75) is 17.7 Å². The number of halogens is 4. The molecule has 0 atom stereocenters. The van der Waals surface area contributed by atoms with Gasteiger partial charge in [-0.3, -0.25) is 4.31 Å². The molecule has 4 rings (SSSR count). The van der Waals surface area contributed by atoms with Crippen LogP contribution in [0.4, 0.5) is 14.5 Å². The van der Waals surface area contributed by atoms with E-state index in [1.165, 1.54) is 23.8 Å². The summed E-state index contributed by atoms with van der Waals surface area (Å²) >= 11 is 10.3. The van der Waals surface area contributed by atoms with E-state index >= 15 is 0 Å². The van der Waals surface area contributed by atoms with E-state index in [9.17, 15) is 17.2 Å². The molecular formula is C20H13BrClF2N3O2S2. The maximum absolute atomic E-state index is 14.5. The Morgan fingerprint density at radius 1 is 1.19 bits per heavy atom. The first-order chi connectivity index (χ1) is 14.7. The molecular weight excluding hydrogens is 532 g/mol. The molecule has 2 aromatic heterocycles. The molecule has 0 aliphatic rings. The molecule has 11 heteroatoms. The highest BCUT2D eigenvalue weighted by atomic mass is 79.9. The molecule has 0 radical (unpaired) electrons. The number of benzene rings is 2. The maximum atomic E-state index is 14.5. The van der Waals surface area contributed by atoms with Crippen LogP contribution in [-0.4, -0.2) is 18.4 Å². The largest absolute Gasteiger partial charge is 0.276 e. The van der Waals surface area contributed by atoms with Gasteiger partial charge in [-0.25, -0.2) is 27.2 Å².